The lowest BCUT2D eigenvalue weighted by molar-refractivity contribution is 0.125. The standard InChI is InChI=1S/C18H30N2O/c1-6-13(4)20(8-3)17-11-14-9-10-15(21-5)12-16(14)18(17)19-7-2/h9-10,12-13,17-19H,6-8,11H2,1-5H3. The summed E-state index contributed by atoms with van der Waals surface area (Å²) in [5.41, 5.74) is 2.89. The smallest absolute Gasteiger partial charge is 0.119 e. The number of hydrogen-bond donors (Lipinski definition) is 1. The van der Waals surface area contributed by atoms with E-state index in [0.717, 1.165) is 25.3 Å². The largest absolute Gasteiger partial charge is 0.497 e. The number of nitrogens with one attached hydrogen (secondary N) is 1. The minimum atomic E-state index is 0.411. The Kier molecular flexibility index (Phi) is 5.65. The Bertz CT molecular complexity index is 461. The number of likely N-dealkylation sites (N-methyl/N-ethyl adjacent to an activating group) is 2. The molecule has 3 nitrogen and oxygen atoms in total. The SMILES string of the molecule is CCNC1c2cc(OC)ccc2CC1N(CC)C(C)CC. The van der Waals surface area contributed by atoms with Crippen LogP contribution in [0.3, 0.4) is 0 Å². The van der Waals surface area contributed by atoms with Crippen LogP contribution in [0.4, 0.5) is 0 Å². The fourth-order valence-corrected chi connectivity index (χ4v) is 3.61. The highest BCUT2D eigenvalue weighted by Gasteiger charge is 2.36. The van der Waals surface area contributed by atoms with Crippen molar-refractivity contribution in [3.63, 3.8) is 0 Å². The third kappa shape index (κ3) is 3.24. The molecule has 0 aliphatic heterocycles. The number of nitrogens with zero attached hydrogens (tertiary/aromatic N) is 1. The molecule has 1 N–H and O–H groups in total. The van der Waals surface area contributed by atoms with Crippen molar-refractivity contribution in [3.05, 3.63) is 29.3 Å². The van der Waals surface area contributed by atoms with Gasteiger partial charge in [-0.05, 0) is 56.1 Å². The molecule has 3 atom stereocenters. The van der Waals surface area contributed by atoms with E-state index in [1.807, 2.05) is 0 Å². The summed E-state index contributed by atoms with van der Waals surface area (Å²) in [6.07, 6.45) is 2.33. The number of hydrogen-bond acceptors (Lipinski definition) is 3. The molecule has 0 saturated carbocycles. The van der Waals surface area contributed by atoms with Gasteiger partial charge >= 0.3 is 0 Å². The van der Waals surface area contributed by atoms with E-state index in [2.05, 4.69) is 56.1 Å². The molecule has 3 unspecified atom stereocenters. The van der Waals surface area contributed by atoms with E-state index in [9.17, 15) is 0 Å². The molecule has 2 rings (SSSR count). The lowest BCUT2D eigenvalue weighted by Crippen LogP contribution is -2.47. The summed E-state index contributed by atoms with van der Waals surface area (Å²) in [6, 6.07) is 8.12. The maximum Gasteiger partial charge on any atom is 0.119 e. The highest BCUT2D eigenvalue weighted by Crippen LogP contribution is 2.37. The maximum absolute atomic E-state index is 5.42. The van der Waals surface area contributed by atoms with Crippen molar-refractivity contribution >= 4 is 0 Å². The first-order valence-corrected chi connectivity index (χ1v) is 8.32. The first-order valence-electron chi connectivity index (χ1n) is 8.32. The number of benzene rings is 1. The lowest BCUT2D eigenvalue weighted by Gasteiger charge is -2.37. The van der Waals surface area contributed by atoms with Crippen LogP contribution in [0.2, 0.25) is 0 Å². The molecular formula is C18H30N2O. The van der Waals surface area contributed by atoms with Crippen LogP contribution in [0.1, 0.15) is 51.3 Å². The van der Waals surface area contributed by atoms with Crippen molar-refractivity contribution < 1.29 is 4.74 Å². The van der Waals surface area contributed by atoms with Crippen LogP contribution in [-0.4, -0.2) is 37.2 Å². The van der Waals surface area contributed by atoms with Crippen molar-refractivity contribution in [2.75, 3.05) is 20.2 Å². The molecule has 1 aliphatic rings. The van der Waals surface area contributed by atoms with Gasteiger partial charge in [-0.25, -0.2) is 0 Å². The first kappa shape index (κ1) is 16.3. The van der Waals surface area contributed by atoms with Crippen molar-refractivity contribution in [1.82, 2.24) is 10.2 Å². The molecule has 1 aromatic rings. The van der Waals surface area contributed by atoms with E-state index in [1.54, 1.807) is 7.11 Å². The number of ether oxygens (including phenoxy) is 1. The highest BCUT2D eigenvalue weighted by molar-refractivity contribution is 5.43. The highest BCUT2D eigenvalue weighted by atomic mass is 16.5. The Morgan fingerprint density at radius 3 is 2.67 bits per heavy atom. The Hall–Kier alpha value is -1.06. The topological polar surface area (TPSA) is 24.5 Å². The summed E-state index contributed by atoms with van der Waals surface area (Å²) in [4.78, 5) is 2.65. The third-order valence-electron chi connectivity index (χ3n) is 4.87. The fourth-order valence-electron chi connectivity index (χ4n) is 3.61. The molecule has 0 spiro atoms. The van der Waals surface area contributed by atoms with Crippen molar-refractivity contribution in [2.45, 2.75) is 58.7 Å². The monoisotopic (exact) mass is 290 g/mol. The van der Waals surface area contributed by atoms with Gasteiger partial charge in [0.25, 0.3) is 0 Å². The van der Waals surface area contributed by atoms with E-state index >= 15 is 0 Å². The molecule has 3 heteroatoms. The second-order valence-corrected chi connectivity index (χ2v) is 5.96. The summed E-state index contributed by atoms with van der Waals surface area (Å²) in [6.45, 7) is 11.2. The molecule has 118 valence electrons. The predicted molar refractivity (Wildman–Crippen MR) is 89.0 cm³/mol. The van der Waals surface area contributed by atoms with E-state index < -0.39 is 0 Å². The van der Waals surface area contributed by atoms with E-state index in [0.29, 0.717) is 18.1 Å². The minimum absolute atomic E-state index is 0.411. The average molecular weight is 290 g/mol. The summed E-state index contributed by atoms with van der Waals surface area (Å²) in [5, 5.41) is 3.70. The normalized spacial score (nSPS) is 22.4. The Balaban J connectivity index is 2.32. The molecule has 0 amide bonds. The average Bonchev–Trinajstić information content (AvgIpc) is 2.86. The van der Waals surface area contributed by atoms with E-state index in [4.69, 9.17) is 4.74 Å². The van der Waals surface area contributed by atoms with Gasteiger partial charge < -0.3 is 10.1 Å². The molecular weight excluding hydrogens is 260 g/mol. The molecule has 0 bridgehead atoms. The molecule has 1 aromatic carbocycles. The van der Waals surface area contributed by atoms with Crippen LogP contribution in [0.25, 0.3) is 0 Å². The van der Waals surface area contributed by atoms with Crippen LogP contribution < -0.4 is 10.1 Å². The first-order chi connectivity index (χ1) is 10.2. The van der Waals surface area contributed by atoms with Gasteiger partial charge in [0, 0.05) is 18.1 Å². The molecule has 0 aromatic heterocycles. The predicted octanol–water partition coefficient (Wildman–Crippen LogP) is 3.39. The zero-order valence-corrected chi connectivity index (χ0v) is 14.1. The summed E-state index contributed by atoms with van der Waals surface area (Å²) >= 11 is 0. The van der Waals surface area contributed by atoms with E-state index in [1.165, 1.54) is 17.5 Å². The molecule has 0 heterocycles. The van der Waals surface area contributed by atoms with Gasteiger partial charge in [0.05, 0.1) is 7.11 Å². The second-order valence-electron chi connectivity index (χ2n) is 5.96. The van der Waals surface area contributed by atoms with Crippen molar-refractivity contribution in [1.29, 1.82) is 0 Å². The molecule has 0 radical (unpaired) electrons. The van der Waals surface area contributed by atoms with Gasteiger partial charge in [-0.3, -0.25) is 4.90 Å². The van der Waals surface area contributed by atoms with Crippen LogP contribution in [0.5, 0.6) is 5.75 Å². The van der Waals surface area contributed by atoms with Gasteiger partial charge in [-0.2, -0.15) is 0 Å². The fraction of sp³-hybridized carbons (Fsp3) is 0.667. The van der Waals surface area contributed by atoms with Gasteiger partial charge in [0.15, 0.2) is 0 Å². The second kappa shape index (κ2) is 7.28. The summed E-state index contributed by atoms with van der Waals surface area (Å²) in [7, 11) is 1.74. The molecule has 21 heavy (non-hydrogen) atoms. The summed E-state index contributed by atoms with van der Waals surface area (Å²) in [5.74, 6) is 0.962. The Labute approximate surface area is 129 Å². The lowest BCUT2D eigenvalue weighted by atomic mass is 10.0. The molecule has 0 saturated heterocycles. The van der Waals surface area contributed by atoms with Gasteiger partial charge in [-0.15, -0.1) is 0 Å². The third-order valence-corrected chi connectivity index (χ3v) is 4.87. The number of rotatable bonds is 7. The van der Waals surface area contributed by atoms with Gasteiger partial charge in [0.1, 0.15) is 5.75 Å². The van der Waals surface area contributed by atoms with E-state index in [-0.39, 0.29) is 0 Å². The zero-order valence-electron chi connectivity index (χ0n) is 14.1. The van der Waals surface area contributed by atoms with Gasteiger partial charge in [-0.1, -0.05) is 26.8 Å². The molecule has 0 fully saturated rings. The zero-order chi connectivity index (χ0) is 15.4. The van der Waals surface area contributed by atoms with Crippen LogP contribution in [0, 0.1) is 0 Å². The quantitative estimate of drug-likeness (QED) is 0.833. The number of methoxy groups -OCH3 is 1. The van der Waals surface area contributed by atoms with Crippen LogP contribution >= 0.6 is 0 Å². The summed E-state index contributed by atoms with van der Waals surface area (Å²) < 4.78 is 5.42. The minimum Gasteiger partial charge on any atom is -0.497 e. The number of fused-ring (bicyclic) bond motifs is 1. The van der Waals surface area contributed by atoms with Crippen LogP contribution in [-0.2, 0) is 6.42 Å². The Morgan fingerprint density at radius 2 is 2.10 bits per heavy atom. The van der Waals surface area contributed by atoms with Crippen molar-refractivity contribution in [2.24, 2.45) is 0 Å². The molecule has 1 aliphatic carbocycles. The maximum atomic E-state index is 5.42. The van der Waals surface area contributed by atoms with Gasteiger partial charge in [0.2, 0.25) is 0 Å². The van der Waals surface area contributed by atoms with Crippen LogP contribution in [0.15, 0.2) is 18.2 Å². The van der Waals surface area contributed by atoms with Crippen molar-refractivity contribution in [3.8, 4) is 5.75 Å². The Morgan fingerprint density at radius 1 is 1.33 bits per heavy atom.